The average Bonchev–Trinajstić information content (AvgIpc) is 2.42. The van der Waals surface area contributed by atoms with Crippen LogP contribution >= 0.6 is 0 Å². The van der Waals surface area contributed by atoms with Crippen LogP contribution in [0.2, 0.25) is 0 Å². The second-order valence-electron chi connectivity index (χ2n) is 4.12. The number of nitrogens with two attached hydrogens (primary N) is 1. The van der Waals surface area contributed by atoms with Crippen LogP contribution < -0.4 is 15.2 Å². The number of methoxy groups -OCH3 is 2. The first kappa shape index (κ1) is 14.8. The summed E-state index contributed by atoms with van der Waals surface area (Å²) >= 11 is 0. The summed E-state index contributed by atoms with van der Waals surface area (Å²) in [6, 6.07) is 5.61. The number of ether oxygens (including phenoxy) is 3. The van der Waals surface area contributed by atoms with Crippen molar-refractivity contribution < 1.29 is 14.2 Å². The fourth-order valence-electron chi connectivity index (χ4n) is 1.74. The first-order chi connectivity index (χ1) is 8.72. The summed E-state index contributed by atoms with van der Waals surface area (Å²) in [4.78, 5) is 0. The SMILES string of the molecule is CCCOCCC(N)c1ccc(OC)cc1OC. The Kier molecular flexibility index (Phi) is 6.54. The van der Waals surface area contributed by atoms with E-state index in [1.165, 1.54) is 0 Å². The molecule has 0 aliphatic carbocycles. The van der Waals surface area contributed by atoms with Crippen LogP contribution in [-0.4, -0.2) is 27.4 Å². The molecular weight excluding hydrogens is 230 g/mol. The van der Waals surface area contributed by atoms with Crippen LogP contribution in [-0.2, 0) is 4.74 Å². The van der Waals surface area contributed by atoms with Gasteiger partial charge in [-0.05, 0) is 18.9 Å². The molecule has 1 rings (SSSR count). The van der Waals surface area contributed by atoms with Gasteiger partial charge in [0, 0.05) is 30.9 Å². The van der Waals surface area contributed by atoms with Crippen molar-refractivity contribution in [2.75, 3.05) is 27.4 Å². The maximum atomic E-state index is 6.14. The van der Waals surface area contributed by atoms with Crippen molar-refractivity contribution in [1.82, 2.24) is 0 Å². The largest absolute Gasteiger partial charge is 0.497 e. The van der Waals surface area contributed by atoms with Crippen molar-refractivity contribution in [2.24, 2.45) is 5.73 Å². The van der Waals surface area contributed by atoms with Crippen molar-refractivity contribution in [2.45, 2.75) is 25.8 Å². The molecule has 0 heterocycles. The van der Waals surface area contributed by atoms with Gasteiger partial charge in [-0.1, -0.05) is 13.0 Å². The lowest BCUT2D eigenvalue weighted by Crippen LogP contribution is -2.14. The maximum Gasteiger partial charge on any atom is 0.127 e. The van der Waals surface area contributed by atoms with E-state index in [9.17, 15) is 0 Å². The van der Waals surface area contributed by atoms with Crippen molar-refractivity contribution in [1.29, 1.82) is 0 Å². The standard InChI is InChI=1S/C14H23NO3/c1-4-8-18-9-7-13(15)12-6-5-11(16-2)10-14(12)17-3/h5-6,10,13H,4,7-9,15H2,1-3H3. The molecule has 2 N–H and O–H groups in total. The molecule has 0 amide bonds. The summed E-state index contributed by atoms with van der Waals surface area (Å²) in [5.41, 5.74) is 7.13. The quantitative estimate of drug-likeness (QED) is 0.723. The van der Waals surface area contributed by atoms with Crippen LogP contribution in [0.4, 0.5) is 0 Å². The first-order valence-electron chi connectivity index (χ1n) is 6.28. The second-order valence-corrected chi connectivity index (χ2v) is 4.12. The van der Waals surface area contributed by atoms with Crippen molar-refractivity contribution in [3.63, 3.8) is 0 Å². The number of hydrogen-bond acceptors (Lipinski definition) is 4. The van der Waals surface area contributed by atoms with E-state index in [0.29, 0.717) is 6.61 Å². The molecule has 0 radical (unpaired) electrons. The fraction of sp³-hybridized carbons (Fsp3) is 0.571. The van der Waals surface area contributed by atoms with E-state index >= 15 is 0 Å². The van der Waals surface area contributed by atoms with Crippen molar-refractivity contribution in [3.8, 4) is 11.5 Å². The van der Waals surface area contributed by atoms with Gasteiger partial charge in [-0.15, -0.1) is 0 Å². The predicted octanol–water partition coefficient (Wildman–Crippen LogP) is 2.52. The van der Waals surface area contributed by atoms with Gasteiger partial charge in [0.25, 0.3) is 0 Å². The zero-order chi connectivity index (χ0) is 13.4. The minimum Gasteiger partial charge on any atom is -0.497 e. The van der Waals surface area contributed by atoms with Gasteiger partial charge in [0.05, 0.1) is 14.2 Å². The van der Waals surface area contributed by atoms with Crippen LogP contribution in [0.1, 0.15) is 31.4 Å². The van der Waals surface area contributed by atoms with Gasteiger partial charge in [-0.25, -0.2) is 0 Å². The highest BCUT2D eigenvalue weighted by atomic mass is 16.5. The summed E-state index contributed by atoms with van der Waals surface area (Å²) in [6.45, 7) is 3.54. The molecule has 0 fully saturated rings. The van der Waals surface area contributed by atoms with Gasteiger partial charge >= 0.3 is 0 Å². The molecule has 0 bridgehead atoms. The topological polar surface area (TPSA) is 53.7 Å². The highest BCUT2D eigenvalue weighted by Gasteiger charge is 2.12. The molecule has 0 aliphatic rings. The smallest absolute Gasteiger partial charge is 0.127 e. The van der Waals surface area contributed by atoms with Gasteiger partial charge in [0.2, 0.25) is 0 Å². The minimum atomic E-state index is -0.0808. The minimum absolute atomic E-state index is 0.0808. The second kappa shape index (κ2) is 7.95. The molecule has 4 heteroatoms. The molecule has 1 aromatic rings. The molecule has 0 saturated heterocycles. The van der Waals surface area contributed by atoms with E-state index in [1.807, 2.05) is 18.2 Å². The molecule has 0 spiro atoms. The molecule has 0 aliphatic heterocycles. The van der Waals surface area contributed by atoms with Crippen molar-refractivity contribution >= 4 is 0 Å². The van der Waals surface area contributed by atoms with E-state index in [-0.39, 0.29) is 6.04 Å². The molecule has 0 aromatic heterocycles. The van der Waals surface area contributed by atoms with Gasteiger partial charge in [0.1, 0.15) is 11.5 Å². The van der Waals surface area contributed by atoms with E-state index < -0.39 is 0 Å². The van der Waals surface area contributed by atoms with Crippen molar-refractivity contribution in [3.05, 3.63) is 23.8 Å². The Morgan fingerprint density at radius 2 is 1.94 bits per heavy atom. The lowest BCUT2D eigenvalue weighted by Gasteiger charge is -2.16. The van der Waals surface area contributed by atoms with Crippen LogP contribution in [0.15, 0.2) is 18.2 Å². The number of benzene rings is 1. The van der Waals surface area contributed by atoms with Gasteiger partial charge in [-0.3, -0.25) is 0 Å². The highest BCUT2D eigenvalue weighted by Crippen LogP contribution is 2.29. The zero-order valence-corrected chi connectivity index (χ0v) is 11.4. The average molecular weight is 253 g/mol. The Hall–Kier alpha value is -1.26. The van der Waals surface area contributed by atoms with Crippen LogP contribution in [0.5, 0.6) is 11.5 Å². The Labute approximate surface area is 109 Å². The monoisotopic (exact) mass is 253 g/mol. The van der Waals surface area contributed by atoms with E-state index in [4.69, 9.17) is 19.9 Å². The van der Waals surface area contributed by atoms with E-state index in [0.717, 1.165) is 36.5 Å². The summed E-state index contributed by atoms with van der Waals surface area (Å²) in [5.74, 6) is 1.53. The number of hydrogen-bond donors (Lipinski definition) is 1. The van der Waals surface area contributed by atoms with Crippen LogP contribution in [0, 0.1) is 0 Å². The predicted molar refractivity (Wildman–Crippen MR) is 72.2 cm³/mol. The highest BCUT2D eigenvalue weighted by molar-refractivity contribution is 5.42. The Bertz CT molecular complexity index is 355. The summed E-state index contributed by atoms with van der Waals surface area (Å²) in [5, 5.41) is 0. The molecule has 1 aromatic carbocycles. The molecular formula is C14H23NO3. The summed E-state index contributed by atoms with van der Waals surface area (Å²) < 4.78 is 15.9. The van der Waals surface area contributed by atoms with Crippen LogP contribution in [0.25, 0.3) is 0 Å². The Morgan fingerprint density at radius 1 is 1.17 bits per heavy atom. The van der Waals surface area contributed by atoms with Gasteiger partial charge in [0.15, 0.2) is 0 Å². The fourth-order valence-corrected chi connectivity index (χ4v) is 1.74. The molecule has 0 saturated carbocycles. The van der Waals surface area contributed by atoms with Gasteiger partial charge in [-0.2, -0.15) is 0 Å². The Morgan fingerprint density at radius 3 is 2.56 bits per heavy atom. The lowest BCUT2D eigenvalue weighted by atomic mass is 10.0. The molecule has 102 valence electrons. The van der Waals surface area contributed by atoms with Crippen LogP contribution in [0.3, 0.4) is 0 Å². The van der Waals surface area contributed by atoms with E-state index in [2.05, 4.69) is 6.92 Å². The van der Waals surface area contributed by atoms with Gasteiger partial charge < -0.3 is 19.9 Å². The third-order valence-electron chi connectivity index (χ3n) is 2.76. The molecule has 1 unspecified atom stereocenters. The molecule has 4 nitrogen and oxygen atoms in total. The zero-order valence-electron chi connectivity index (χ0n) is 11.4. The molecule has 1 atom stereocenters. The number of rotatable bonds is 8. The third kappa shape index (κ3) is 4.20. The normalized spacial score (nSPS) is 12.2. The maximum absolute atomic E-state index is 6.14. The first-order valence-corrected chi connectivity index (χ1v) is 6.28. The van der Waals surface area contributed by atoms with E-state index in [1.54, 1.807) is 14.2 Å². The lowest BCUT2D eigenvalue weighted by molar-refractivity contribution is 0.127. The summed E-state index contributed by atoms with van der Waals surface area (Å²) in [7, 11) is 3.27. The molecule has 18 heavy (non-hydrogen) atoms. The summed E-state index contributed by atoms with van der Waals surface area (Å²) in [6.07, 6.45) is 1.81. The third-order valence-corrected chi connectivity index (χ3v) is 2.76. The Balaban J connectivity index is 2.63.